The zero-order valence-electron chi connectivity index (χ0n) is 26.8. The van der Waals surface area contributed by atoms with Crippen molar-refractivity contribution in [3.63, 3.8) is 0 Å². The number of hydrogen-bond acceptors (Lipinski definition) is 4. The molecule has 0 radical (unpaired) electrons. The van der Waals surface area contributed by atoms with Gasteiger partial charge in [0.25, 0.3) is 0 Å². The lowest BCUT2D eigenvalue weighted by Crippen LogP contribution is -2.66. The summed E-state index contributed by atoms with van der Waals surface area (Å²) in [5.74, 6) is 0. The number of hydrogen-bond donors (Lipinski definition) is 4. The summed E-state index contributed by atoms with van der Waals surface area (Å²) in [5, 5.41) is 15.8. The van der Waals surface area contributed by atoms with Crippen molar-refractivity contribution in [2.45, 2.75) is 128 Å². The molecule has 0 aliphatic carbocycles. The molecule has 1 aromatic rings. The van der Waals surface area contributed by atoms with Crippen molar-refractivity contribution in [2.75, 3.05) is 39.3 Å². The van der Waals surface area contributed by atoms with Gasteiger partial charge in [0.05, 0.1) is 0 Å². The summed E-state index contributed by atoms with van der Waals surface area (Å²) >= 11 is 0. The molecule has 6 heteroatoms. The molecule has 1 aromatic carbocycles. The molecule has 0 saturated carbocycles. The van der Waals surface area contributed by atoms with Gasteiger partial charge in [0, 0.05) is 56.5 Å². The third-order valence-corrected chi connectivity index (χ3v) is 13.5. The van der Waals surface area contributed by atoms with E-state index in [1.54, 1.807) is 5.56 Å². The van der Waals surface area contributed by atoms with E-state index < -0.39 is 0 Å². The van der Waals surface area contributed by atoms with Gasteiger partial charge in [-0.1, -0.05) is 103 Å². The molecule has 38 heavy (non-hydrogen) atoms. The second kappa shape index (κ2) is 11.7. The zero-order chi connectivity index (χ0) is 28.7. The van der Waals surface area contributed by atoms with E-state index in [0.717, 1.165) is 45.4 Å². The summed E-state index contributed by atoms with van der Waals surface area (Å²) in [7, 11) is 3.15. The molecule has 2 aliphatic heterocycles. The average molecular weight is 563 g/mol. The summed E-state index contributed by atoms with van der Waals surface area (Å²) in [6, 6.07) is 5.96. The highest BCUT2D eigenvalue weighted by atomic mass is 31.1. The van der Waals surface area contributed by atoms with Gasteiger partial charge in [-0.2, -0.15) is 0 Å². The van der Waals surface area contributed by atoms with Crippen molar-refractivity contribution in [3.05, 3.63) is 34.4 Å². The van der Waals surface area contributed by atoms with E-state index in [2.05, 4.69) is 126 Å². The van der Waals surface area contributed by atoms with Gasteiger partial charge in [-0.25, -0.2) is 0 Å². The summed E-state index contributed by atoms with van der Waals surface area (Å²) < 4.78 is 0. The lowest BCUT2D eigenvalue weighted by Gasteiger charge is -2.50. The minimum absolute atomic E-state index is 0.0662. The highest BCUT2D eigenvalue weighted by molar-refractivity contribution is 7.60. The van der Waals surface area contributed by atoms with Crippen molar-refractivity contribution >= 4 is 17.2 Å². The normalized spacial score (nSPS) is 23.9. The topological polar surface area (TPSA) is 48.1 Å². The van der Waals surface area contributed by atoms with Crippen LogP contribution in [0.4, 0.5) is 0 Å². The first-order chi connectivity index (χ1) is 17.3. The maximum Gasteiger partial charge on any atom is 0.0429 e. The maximum absolute atomic E-state index is 3.95. The van der Waals surface area contributed by atoms with E-state index in [1.165, 1.54) is 16.7 Å². The molecule has 0 amide bonds. The van der Waals surface area contributed by atoms with Crippen molar-refractivity contribution in [1.29, 1.82) is 0 Å². The van der Waals surface area contributed by atoms with E-state index in [-0.39, 0.29) is 34.2 Å². The fraction of sp³-hybridized carbons (Fsp3) is 0.812. The van der Waals surface area contributed by atoms with Crippen LogP contribution < -0.4 is 21.3 Å². The standard InChI is InChI=1S/C32H60N4P2/c1-28(2,3)24-17-22(21-38(30(7,8)9)31(10,11)12)23(18-25(24)29(4,5)6)32(37,26-19-33-13-15-35-26)27-20-34-14-16-36-27/h17-18,26-27,33-36H,13-16,19-21,37H2,1-12H3. The molecule has 2 fully saturated rings. The molecule has 0 spiro atoms. The van der Waals surface area contributed by atoms with Crippen LogP contribution in [0.5, 0.6) is 0 Å². The molecule has 2 heterocycles. The van der Waals surface area contributed by atoms with Crippen molar-refractivity contribution in [3.8, 4) is 0 Å². The third-order valence-electron chi connectivity index (χ3n) is 8.51. The Bertz CT molecular complexity index is 902. The predicted molar refractivity (Wildman–Crippen MR) is 175 cm³/mol. The van der Waals surface area contributed by atoms with Gasteiger partial charge in [0.15, 0.2) is 0 Å². The van der Waals surface area contributed by atoms with Crippen LogP contribution >= 0.6 is 17.2 Å². The Labute approximate surface area is 239 Å². The van der Waals surface area contributed by atoms with E-state index in [0.29, 0.717) is 12.1 Å². The van der Waals surface area contributed by atoms with Crippen molar-refractivity contribution in [2.24, 2.45) is 0 Å². The molecule has 4 nitrogen and oxygen atoms in total. The summed E-state index contributed by atoms with van der Waals surface area (Å²) in [4.78, 5) is 0. The van der Waals surface area contributed by atoms with Gasteiger partial charge in [0.1, 0.15) is 0 Å². The largest absolute Gasteiger partial charge is 0.314 e. The van der Waals surface area contributed by atoms with Crippen LogP contribution in [0.3, 0.4) is 0 Å². The number of benzene rings is 1. The first kappa shape index (κ1) is 32.4. The van der Waals surface area contributed by atoms with Crippen LogP contribution in [0.15, 0.2) is 12.1 Å². The van der Waals surface area contributed by atoms with E-state index >= 15 is 0 Å². The molecule has 2 saturated heterocycles. The lowest BCUT2D eigenvalue weighted by molar-refractivity contribution is 0.255. The first-order valence-corrected chi connectivity index (χ1v) is 17.0. The predicted octanol–water partition coefficient (Wildman–Crippen LogP) is 6.05. The number of piperazine rings is 2. The maximum atomic E-state index is 3.95. The van der Waals surface area contributed by atoms with Crippen LogP contribution in [0, 0.1) is 0 Å². The Morgan fingerprint density at radius 1 is 0.658 bits per heavy atom. The quantitative estimate of drug-likeness (QED) is 0.330. The van der Waals surface area contributed by atoms with Crippen LogP contribution in [0.2, 0.25) is 0 Å². The Morgan fingerprint density at radius 2 is 1.08 bits per heavy atom. The van der Waals surface area contributed by atoms with E-state index in [1.807, 2.05) is 0 Å². The molecule has 0 bridgehead atoms. The van der Waals surface area contributed by atoms with Crippen LogP contribution in [-0.2, 0) is 22.1 Å². The van der Waals surface area contributed by atoms with Crippen LogP contribution in [-0.4, -0.2) is 61.7 Å². The minimum atomic E-state index is -0.285. The van der Waals surface area contributed by atoms with E-state index in [9.17, 15) is 0 Å². The highest BCUT2D eigenvalue weighted by Gasteiger charge is 2.47. The summed E-state index contributed by atoms with van der Waals surface area (Å²) in [6.07, 6.45) is 1.15. The SMILES string of the molecule is CC(C)(C)c1cc(CP(C(C)(C)C)C(C)(C)C)c(C(P)(C2CNCCN2)C2CNCCN2)cc1C(C)(C)C. The fourth-order valence-electron chi connectivity index (χ4n) is 6.67. The zero-order valence-corrected chi connectivity index (χ0v) is 28.8. The third kappa shape index (κ3) is 7.21. The molecule has 3 rings (SSSR count). The molecule has 0 aromatic heterocycles. The molecule has 3 atom stereocenters. The van der Waals surface area contributed by atoms with Gasteiger partial charge < -0.3 is 21.3 Å². The Kier molecular flexibility index (Phi) is 9.95. The van der Waals surface area contributed by atoms with Crippen molar-refractivity contribution < 1.29 is 0 Å². The number of rotatable bonds is 5. The Hall–Kier alpha value is -0.0800. The summed E-state index contributed by atoms with van der Waals surface area (Å²) in [5.41, 5.74) is 6.26. The summed E-state index contributed by atoms with van der Waals surface area (Å²) in [6.45, 7) is 35.2. The second-order valence-electron chi connectivity index (χ2n) is 15.8. The van der Waals surface area contributed by atoms with Gasteiger partial charge in [0.2, 0.25) is 0 Å². The highest BCUT2D eigenvalue weighted by Crippen LogP contribution is 2.62. The Morgan fingerprint density at radius 3 is 1.42 bits per heavy atom. The molecular weight excluding hydrogens is 502 g/mol. The minimum Gasteiger partial charge on any atom is -0.314 e. The van der Waals surface area contributed by atoms with Crippen LogP contribution in [0.1, 0.15) is 105 Å². The molecule has 2 aliphatic rings. The smallest absolute Gasteiger partial charge is 0.0429 e. The molecule has 4 N–H and O–H groups in total. The fourth-order valence-corrected chi connectivity index (χ4v) is 11.0. The lowest BCUT2D eigenvalue weighted by atomic mass is 9.71. The molecular formula is C32H60N4P2. The first-order valence-electron chi connectivity index (χ1n) is 14.9. The van der Waals surface area contributed by atoms with Crippen molar-refractivity contribution in [1.82, 2.24) is 21.3 Å². The van der Waals surface area contributed by atoms with Gasteiger partial charge >= 0.3 is 0 Å². The Balaban J connectivity index is 2.36. The van der Waals surface area contributed by atoms with E-state index in [4.69, 9.17) is 0 Å². The number of nitrogens with one attached hydrogen (secondary N) is 4. The second-order valence-corrected chi connectivity index (χ2v) is 20.6. The van der Waals surface area contributed by atoms with Crippen LogP contribution in [0.25, 0.3) is 0 Å². The average Bonchev–Trinajstić information content (AvgIpc) is 2.80. The molecule has 218 valence electrons. The molecule has 3 unspecified atom stereocenters. The van der Waals surface area contributed by atoms with Gasteiger partial charge in [-0.3, -0.25) is 0 Å². The van der Waals surface area contributed by atoms with Gasteiger partial charge in [-0.05, 0) is 49.6 Å². The van der Waals surface area contributed by atoms with Gasteiger partial charge in [-0.15, -0.1) is 9.24 Å². The monoisotopic (exact) mass is 562 g/mol.